The normalized spacial score (nSPS) is 12.4. The van der Waals surface area contributed by atoms with Crippen LogP contribution in [0.25, 0.3) is 5.69 Å². The van der Waals surface area contributed by atoms with Crippen molar-refractivity contribution in [3.63, 3.8) is 0 Å². The average Bonchev–Trinajstić information content (AvgIpc) is 2.94. The van der Waals surface area contributed by atoms with Gasteiger partial charge in [0.15, 0.2) is 5.69 Å². The second kappa shape index (κ2) is 8.76. The van der Waals surface area contributed by atoms with Crippen molar-refractivity contribution in [1.82, 2.24) is 20.3 Å². The summed E-state index contributed by atoms with van der Waals surface area (Å²) in [4.78, 5) is 12.5. The molecule has 0 aliphatic heterocycles. The predicted molar refractivity (Wildman–Crippen MR) is 97.8 cm³/mol. The number of nitrogens with zero attached hydrogens (tertiary/aromatic N) is 3. The Morgan fingerprint density at radius 3 is 2.52 bits per heavy atom. The van der Waals surface area contributed by atoms with Crippen LogP contribution in [0, 0.1) is 25.7 Å². The van der Waals surface area contributed by atoms with Crippen LogP contribution in [0.15, 0.2) is 24.3 Å². The molecule has 1 atom stereocenters. The highest BCUT2D eigenvalue weighted by Gasteiger charge is 2.19. The highest BCUT2D eigenvalue weighted by atomic mass is 16.3. The number of hydrogen-bond donors (Lipinski definition) is 2. The second-order valence-corrected chi connectivity index (χ2v) is 6.99. The lowest BCUT2D eigenvalue weighted by molar-refractivity contribution is 0.0935. The monoisotopic (exact) mass is 344 g/mol. The number of aryl methyl sites for hydroxylation is 1. The van der Waals surface area contributed by atoms with Crippen LogP contribution in [0.1, 0.15) is 48.4 Å². The number of aliphatic hydroxyl groups is 1. The topological polar surface area (TPSA) is 80.0 Å². The summed E-state index contributed by atoms with van der Waals surface area (Å²) in [5.41, 5.74) is 3.10. The van der Waals surface area contributed by atoms with Gasteiger partial charge in [-0.3, -0.25) is 4.79 Å². The van der Waals surface area contributed by atoms with E-state index in [1.165, 1.54) is 5.56 Å². The van der Waals surface area contributed by atoms with Crippen molar-refractivity contribution >= 4 is 5.91 Å². The predicted octanol–water partition coefficient (Wildman–Crippen LogP) is 2.66. The van der Waals surface area contributed by atoms with Crippen LogP contribution in [-0.2, 0) is 0 Å². The van der Waals surface area contributed by atoms with Crippen molar-refractivity contribution < 1.29 is 9.90 Å². The molecule has 0 fully saturated rings. The van der Waals surface area contributed by atoms with Crippen LogP contribution in [0.2, 0.25) is 0 Å². The Labute approximate surface area is 149 Å². The van der Waals surface area contributed by atoms with Gasteiger partial charge in [0.05, 0.1) is 11.4 Å². The molecule has 2 aromatic rings. The summed E-state index contributed by atoms with van der Waals surface area (Å²) in [6.07, 6.45) is 1.66. The molecule has 0 radical (unpaired) electrons. The summed E-state index contributed by atoms with van der Waals surface area (Å²) in [5, 5.41) is 20.3. The minimum atomic E-state index is -0.220. The summed E-state index contributed by atoms with van der Waals surface area (Å²) >= 11 is 0. The summed E-state index contributed by atoms with van der Waals surface area (Å²) in [6.45, 7) is 8.82. The molecular formula is C19H28N4O2. The van der Waals surface area contributed by atoms with Gasteiger partial charge >= 0.3 is 0 Å². The molecule has 1 unspecified atom stereocenters. The van der Waals surface area contributed by atoms with E-state index in [4.69, 9.17) is 0 Å². The third-order valence-electron chi connectivity index (χ3n) is 4.28. The van der Waals surface area contributed by atoms with Crippen molar-refractivity contribution in [2.75, 3.05) is 13.2 Å². The summed E-state index contributed by atoms with van der Waals surface area (Å²) in [5.74, 6) is 0.571. The molecule has 1 amide bonds. The molecular weight excluding hydrogens is 316 g/mol. The first-order chi connectivity index (χ1) is 11.9. The molecule has 2 rings (SSSR count). The van der Waals surface area contributed by atoms with Gasteiger partial charge in [0.1, 0.15) is 0 Å². The van der Waals surface area contributed by atoms with Crippen LogP contribution < -0.4 is 5.32 Å². The smallest absolute Gasteiger partial charge is 0.273 e. The number of amides is 1. The standard InChI is InChI=1S/C19H28N4O2/c1-13(2)11-16(9-10-24)12-20-19(25)18-15(4)23(22-21-18)17-7-5-14(3)6-8-17/h5-8,13,16,24H,9-12H2,1-4H3,(H,20,25). The largest absolute Gasteiger partial charge is 0.396 e. The van der Waals surface area contributed by atoms with Crippen LogP contribution >= 0.6 is 0 Å². The molecule has 0 aliphatic carbocycles. The van der Waals surface area contributed by atoms with Gasteiger partial charge in [-0.25, -0.2) is 4.68 Å². The third kappa shape index (κ3) is 5.13. The highest BCUT2D eigenvalue weighted by molar-refractivity contribution is 5.93. The van der Waals surface area contributed by atoms with Crippen molar-refractivity contribution in [2.45, 2.75) is 40.5 Å². The second-order valence-electron chi connectivity index (χ2n) is 6.99. The quantitative estimate of drug-likeness (QED) is 0.771. The van der Waals surface area contributed by atoms with Crippen molar-refractivity contribution in [3.8, 4) is 5.69 Å². The Balaban J connectivity index is 2.06. The fourth-order valence-electron chi connectivity index (χ4n) is 2.94. The van der Waals surface area contributed by atoms with E-state index in [9.17, 15) is 9.90 Å². The van der Waals surface area contributed by atoms with E-state index in [1.807, 2.05) is 38.1 Å². The van der Waals surface area contributed by atoms with E-state index in [-0.39, 0.29) is 18.4 Å². The first-order valence-electron chi connectivity index (χ1n) is 8.80. The maximum Gasteiger partial charge on any atom is 0.273 e. The fourth-order valence-corrected chi connectivity index (χ4v) is 2.94. The third-order valence-corrected chi connectivity index (χ3v) is 4.28. The van der Waals surface area contributed by atoms with Crippen LogP contribution in [0.4, 0.5) is 0 Å². The molecule has 0 aliphatic rings. The Morgan fingerprint density at radius 1 is 1.24 bits per heavy atom. The van der Waals surface area contributed by atoms with E-state index in [2.05, 4.69) is 29.5 Å². The Kier molecular flexibility index (Phi) is 6.70. The van der Waals surface area contributed by atoms with E-state index >= 15 is 0 Å². The Hall–Kier alpha value is -2.21. The van der Waals surface area contributed by atoms with Crippen molar-refractivity contribution in [3.05, 3.63) is 41.2 Å². The molecule has 0 saturated carbocycles. The zero-order valence-corrected chi connectivity index (χ0v) is 15.5. The summed E-state index contributed by atoms with van der Waals surface area (Å²) in [6, 6.07) is 7.92. The van der Waals surface area contributed by atoms with Gasteiger partial charge in [0.25, 0.3) is 5.91 Å². The Bertz CT molecular complexity index is 692. The van der Waals surface area contributed by atoms with Gasteiger partial charge in [-0.1, -0.05) is 36.8 Å². The molecule has 1 heterocycles. The van der Waals surface area contributed by atoms with Gasteiger partial charge in [0.2, 0.25) is 0 Å². The van der Waals surface area contributed by atoms with E-state index in [0.717, 1.165) is 12.1 Å². The number of aromatic nitrogens is 3. The number of aliphatic hydroxyl groups excluding tert-OH is 1. The lowest BCUT2D eigenvalue weighted by atomic mass is 9.94. The number of carbonyl (C=O) groups excluding carboxylic acids is 1. The van der Waals surface area contributed by atoms with Gasteiger partial charge in [-0.15, -0.1) is 5.10 Å². The summed E-state index contributed by atoms with van der Waals surface area (Å²) < 4.78 is 1.67. The van der Waals surface area contributed by atoms with Gasteiger partial charge < -0.3 is 10.4 Å². The van der Waals surface area contributed by atoms with Gasteiger partial charge in [-0.05, 0) is 50.7 Å². The lowest BCUT2D eigenvalue weighted by Gasteiger charge is -2.18. The first-order valence-corrected chi connectivity index (χ1v) is 8.80. The number of carbonyl (C=O) groups is 1. The zero-order valence-electron chi connectivity index (χ0n) is 15.5. The maximum absolute atomic E-state index is 12.5. The molecule has 6 nitrogen and oxygen atoms in total. The first kappa shape index (κ1) is 19.1. The minimum Gasteiger partial charge on any atom is -0.396 e. The van der Waals surface area contributed by atoms with Crippen molar-refractivity contribution in [1.29, 1.82) is 0 Å². The fraction of sp³-hybridized carbons (Fsp3) is 0.526. The lowest BCUT2D eigenvalue weighted by Crippen LogP contribution is -2.31. The zero-order chi connectivity index (χ0) is 18.4. The van der Waals surface area contributed by atoms with E-state index < -0.39 is 0 Å². The SMILES string of the molecule is Cc1ccc(-n2nnc(C(=O)NCC(CCO)CC(C)C)c2C)cc1. The number of rotatable bonds is 8. The molecule has 0 spiro atoms. The van der Waals surface area contributed by atoms with E-state index in [0.29, 0.717) is 30.3 Å². The highest BCUT2D eigenvalue weighted by Crippen LogP contribution is 2.16. The Morgan fingerprint density at radius 2 is 1.92 bits per heavy atom. The van der Waals surface area contributed by atoms with Gasteiger partial charge in [0, 0.05) is 13.2 Å². The van der Waals surface area contributed by atoms with Crippen LogP contribution in [-0.4, -0.2) is 39.2 Å². The van der Waals surface area contributed by atoms with Gasteiger partial charge in [-0.2, -0.15) is 0 Å². The number of hydrogen-bond acceptors (Lipinski definition) is 4. The molecule has 0 saturated heterocycles. The van der Waals surface area contributed by atoms with E-state index in [1.54, 1.807) is 4.68 Å². The molecule has 1 aromatic carbocycles. The summed E-state index contributed by atoms with van der Waals surface area (Å²) in [7, 11) is 0. The molecule has 6 heteroatoms. The average molecular weight is 344 g/mol. The molecule has 1 aromatic heterocycles. The molecule has 2 N–H and O–H groups in total. The van der Waals surface area contributed by atoms with Crippen LogP contribution in [0.5, 0.6) is 0 Å². The molecule has 136 valence electrons. The van der Waals surface area contributed by atoms with Crippen LogP contribution in [0.3, 0.4) is 0 Å². The number of nitrogens with one attached hydrogen (secondary N) is 1. The minimum absolute atomic E-state index is 0.135. The number of benzene rings is 1. The molecule has 25 heavy (non-hydrogen) atoms. The maximum atomic E-state index is 12.5. The molecule has 0 bridgehead atoms. The van der Waals surface area contributed by atoms with Crippen molar-refractivity contribution in [2.24, 2.45) is 11.8 Å².